The first-order valence-corrected chi connectivity index (χ1v) is 10.0. The highest BCUT2D eigenvalue weighted by Gasteiger charge is 2.11. The number of allylic oxidation sites excluding steroid dienone is 1. The van der Waals surface area contributed by atoms with Crippen LogP contribution >= 0.6 is 22.9 Å². The molecule has 0 aliphatic rings. The molecule has 136 valence electrons. The van der Waals surface area contributed by atoms with Crippen LogP contribution in [0, 0.1) is 25.2 Å². The van der Waals surface area contributed by atoms with Gasteiger partial charge < -0.3 is 0 Å². The summed E-state index contributed by atoms with van der Waals surface area (Å²) in [7, 11) is 0. The van der Waals surface area contributed by atoms with Gasteiger partial charge in [-0.05, 0) is 37.6 Å². The second-order valence-electron chi connectivity index (χ2n) is 6.64. The third kappa shape index (κ3) is 3.68. The van der Waals surface area contributed by atoms with Crippen molar-refractivity contribution in [1.82, 2.24) is 9.97 Å². The molecule has 0 saturated heterocycles. The summed E-state index contributed by atoms with van der Waals surface area (Å²) in [6, 6.07) is 18.4. The summed E-state index contributed by atoms with van der Waals surface area (Å²) in [6.45, 7) is 4.07. The molecule has 28 heavy (non-hydrogen) atoms. The fraction of sp³-hybridized carbons (Fsp3) is 0.0870. The summed E-state index contributed by atoms with van der Waals surface area (Å²) in [5.41, 5.74) is 6.25. The Morgan fingerprint density at radius 1 is 1.04 bits per heavy atom. The van der Waals surface area contributed by atoms with E-state index in [1.165, 1.54) is 16.9 Å². The maximum atomic E-state index is 9.68. The van der Waals surface area contributed by atoms with Gasteiger partial charge in [-0.2, -0.15) is 5.26 Å². The van der Waals surface area contributed by atoms with Crippen LogP contribution in [-0.4, -0.2) is 9.97 Å². The first kappa shape index (κ1) is 18.4. The average Bonchev–Trinajstić information content (AvgIpc) is 3.17. The normalized spacial score (nSPS) is 11.6. The summed E-state index contributed by atoms with van der Waals surface area (Å²) in [5, 5.41) is 13.7. The third-order valence-corrected chi connectivity index (χ3v) is 5.63. The zero-order chi connectivity index (χ0) is 19.7. The number of rotatable bonds is 3. The van der Waals surface area contributed by atoms with Gasteiger partial charge in [-0.25, -0.2) is 9.97 Å². The van der Waals surface area contributed by atoms with Crippen LogP contribution < -0.4 is 0 Å². The average molecular weight is 402 g/mol. The van der Waals surface area contributed by atoms with Crippen molar-refractivity contribution in [2.24, 2.45) is 0 Å². The van der Waals surface area contributed by atoms with Gasteiger partial charge in [-0.1, -0.05) is 53.6 Å². The lowest BCUT2D eigenvalue weighted by Crippen LogP contribution is -1.88. The predicted octanol–water partition coefficient (Wildman–Crippen LogP) is 6.69. The van der Waals surface area contributed by atoms with Crippen LogP contribution in [0.15, 0.2) is 53.9 Å². The van der Waals surface area contributed by atoms with E-state index in [1.807, 2.05) is 48.7 Å². The zero-order valence-corrected chi connectivity index (χ0v) is 17.0. The van der Waals surface area contributed by atoms with E-state index in [9.17, 15) is 5.26 Å². The highest BCUT2D eigenvalue weighted by atomic mass is 35.5. The molecular formula is C23H16ClN3S. The molecule has 0 unspecified atom stereocenters. The molecule has 4 rings (SSSR count). The smallest absolute Gasteiger partial charge is 0.137 e. The zero-order valence-electron chi connectivity index (χ0n) is 15.4. The number of nitriles is 1. The van der Waals surface area contributed by atoms with Crippen molar-refractivity contribution in [2.45, 2.75) is 13.8 Å². The lowest BCUT2D eigenvalue weighted by molar-refractivity contribution is 1.36. The van der Waals surface area contributed by atoms with Crippen molar-refractivity contribution in [1.29, 1.82) is 5.26 Å². The second kappa shape index (κ2) is 7.55. The van der Waals surface area contributed by atoms with Crippen LogP contribution in [0.2, 0.25) is 5.15 Å². The number of benzene rings is 2. The highest BCUT2D eigenvalue weighted by molar-refractivity contribution is 7.11. The van der Waals surface area contributed by atoms with Gasteiger partial charge in [-0.3, -0.25) is 0 Å². The van der Waals surface area contributed by atoms with Gasteiger partial charge >= 0.3 is 0 Å². The SMILES string of the molecule is Cc1ccc(-c2csc(/C(C#N)=C/c3cc4ccc(C)cc4nc3Cl)n2)cc1. The van der Waals surface area contributed by atoms with E-state index in [-0.39, 0.29) is 0 Å². The molecule has 0 N–H and O–H groups in total. The number of nitrogens with zero attached hydrogens (tertiary/aromatic N) is 3. The molecule has 0 spiro atoms. The molecule has 0 saturated carbocycles. The molecule has 2 aromatic heterocycles. The van der Waals surface area contributed by atoms with Gasteiger partial charge in [0, 0.05) is 21.9 Å². The second-order valence-corrected chi connectivity index (χ2v) is 7.85. The summed E-state index contributed by atoms with van der Waals surface area (Å²) in [6.07, 6.45) is 1.76. The van der Waals surface area contributed by atoms with Crippen LogP contribution in [0.25, 0.3) is 33.8 Å². The summed E-state index contributed by atoms with van der Waals surface area (Å²) >= 11 is 7.82. The molecule has 0 bridgehead atoms. The minimum atomic E-state index is 0.376. The van der Waals surface area contributed by atoms with Gasteiger partial charge in [-0.15, -0.1) is 11.3 Å². The molecule has 0 atom stereocenters. The Morgan fingerprint density at radius 2 is 1.79 bits per heavy atom. The molecule has 3 nitrogen and oxygen atoms in total. The topological polar surface area (TPSA) is 49.6 Å². The fourth-order valence-corrected chi connectivity index (χ4v) is 3.92. The molecule has 0 radical (unpaired) electrons. The molecule has 2 aromatic carbocycles. The van der Waals surface area contributed by atoms with E-state index in [2.05, 4.69) is 35.1 Å². The number of hydrogen-bond donors (Lipinski definition) is 0. The number of hydrogen-bond acceptors (Lipinski definition) is 4. The Hall–Kier alpha value is -3.00. The lowest BCUT2D eigenvalue weighted by atomic mass is 10.1. The largest absolute Gasteiger partial charge is 0.235 e. The van der Waals surface area contributed by atoms with Crippen LogP contribution in [0.1, 0.15) is 21.7 Å². The Labute approximate surface area is 172 Å². The van der Waals surface area contributed by atoms with Crippen molar-refractivity contribution >= 4 is 45.5 Å². The maximum Gasteiger partial charge on any atom is 0.137 e. The van der Waals surface area contributed by atoms with E-state index in [0.29, 0.717) is 21.3 Å². The number of aryl methyl sites for hydroxylation is 2. The number of aromatic nitrogens is 2. The highest BCUT2D eigenvalue weighted by Crippen LogP contribution is 2.29. The number of fused-ring (bicyclic) bond motifs is 1. The molecule has 2 heterocycles. The summed E-state index contributed by atoms with van der Waals surface area (Å²) in [4.78, 5) is 9.12. The Bertz CT molecular complexity index is 1250. The Morgan fingerprint density at radius 3 is 2.54 bits per heavy atom. The molecular weight excluding hydrogens is 386 g/mol. The Kier molecular flexibility index (Phi) is 4.95. The van der Waals surface area contributed by atoms with Crippen LogP contribution in [-0.2, 0) is 0 Å². The number of halogens is 1. The lowest BCUT2D eigenvalue weighted by Gasteiger charge is -2.04. The monoisotopic (exact) mass is 401 g/mol. The maximum absolute atomic E-state index is 9.68. The molecule has 5 heteroatoms. The molecule has 0 amide bonds. The van der Waals surface area contributed by atoms with Crippen molar-refractivity contribution in [3.05, 3.63) is 80.8 Å². The molecule has 0 aliphatic carbocycles. The van der Waals surface area contributed by atoms with Gasteiger partial charge in [0.1, 0.15) is 16.2 Å². The first-order chi connectivity index (χ1) is 13.5. The standard InChI is InChI=1S/C23H16ClN3S/c1-14-3-6-16(7-4-14)21-13-28-23(27-21)19(12-25)11-18-10-17-8-5-15(2)9-20(17)26-22(18)24/h3-11,13H,1-2H3/b19-11+. The fourth-order valence-electron chi connectivity index (χ4n) is 2.92. The van der Waals surface area contributed by atoms with Crippen LogP contribution in [0.5, 0.6) is 0 Å². The van der Waals surface area contributed by atoms with E-state index in [4.69, 9.17) is 11.6 Å². The van der Waals surface area contributed by atoms with Gasteiger partial charge in [0.05, 0.1) is 16.8 Å². The predicted molar refractivity (Wildman–Crippen MR) is 117 cm³/mol. The van der Waals surface area contributed by atoms with Gasteiger partial charge in [0.2, 0.25) is 0 Å². The van der Waals surface area contributed by atoms with E-state index >= 15 is 0 Å². The minimum Gasteiger partial charge on any atom is -0.235 e. The minimum absolute atomic E-state index is 0.376. The van der Waals surface area contributed by atoms with E-state index in [0.717, 1.165) is 27.7 Å². The van der Waals surface area contributed by atoms with Crippen molar-refractivity contribution in [3.8, 4) is 17.3 Å². The van der Waals surface area contributed by atoms with E-state index < -0.39 is 0 Å². The molecule has 0 fully saturated rings. The van der Waals surface area contributed by atoms with Crippen LogP contribution in [0.4, 0.5) is 0 Å². The van der Waals surface area contributed by atoms with Crippen molar-refractivity contribution in [2.75, 3.05) is 0 Å². The molecule has 4 aromatic rings. The number of thiazole rings is 1. The van der Waals surface area contributed by atoms with Crippen molar-refractivity contribution < 1.29 is 0 Å². The summed E-state index contributed by atoms with van der Waals surface area (Å²) in [5.74, 6) is 0. The van der Waals surface area contributed by atoms with Crippen molar-refractivity contribution in [3.63, 3.8) is 0 Å². The van der Waals surface area contributed by atoms with Gasteiger partial charge in [0.15, 0.2) is 0 Å². The van der Waals surface area contributed by atoms with Gasteiger partial charge in [0.25, 0.3) is 0 Å². The molecule has 0 aliphatic heterocycles. The third-order valence-electron chi connectivity index (χ3n) is 4.46. The quantitative estimate of drug-likeness (QED) is 0.283. The Balaban J connectivity index is 1.73. The van der Waals surface area contributed by atoms with Crippen LogP contribution in [0.3, 0.4) is 0 Å². The summed E-state index contributed by atoms with van der Waals surface area (Å²) < 4.78 is 0. The first-order valence-electron chi connectivity index (χ1n) is 8.75. The van der Waals surface area contributed by atoms with E-state index in [1.54, 1.807) is 6.08 Å². The number of pyridine rings is 1.